The average molecular weight is 287 g/mol. The van der Waals surface area contributed by atoms with Crippen molar-refractivity contribution in [1.82, 2.24) is 4.57 Å². The predicted octanol–water partition coefficient (Wildman–Crippen LogP) is 2.44. The molecule has 0 saturated carbocycles. The Labute approximate surface area is 120 Å². The smallest absolute Gasteiger partial charge is 0.337 e. The molecule has 1 atom stereocenters. The number of hydrogen-bond acceptors (Lipinski definition) is 3. The van der Waals surface area contributed by atoms with E-state index in [2.05, 4.69) is 12.1 Å². The van der Waals surface area contributed by atoms with Crippen LogP contribution in [0.1, 0.15) is 21.8 Å². The second kappa shape index (κ2) is 5.17. The highest BCUT2D eigenvalue weighted by Gasteiger charge is 2.23. The topological polar surface area (TPSA) is 59.3 Å². The first-order valence-corrected chi connectivity index (χ1v) is 7.29. The summed E-state index contributed by atoms with van der Waals surface area (Å²) >= 11 is 1.78. The molecule has 0 radical (unpaired) electrons. The van der Waals surface area contributed by atoms with Crippen LogP contribution in [0.4, 0.5) is 0 Å². The van der Waals surface area contributed by atoms with Crippen molar-refractivity contribution in [1.29, 1.82) is 0 Å². The van der Waals surface area contributed by atoms with Gasteiger partial charge < -0.3 is 9.67 Å². The molecule has 1 N–H and O–H groups in total. The van der Waals surface area contributed by atoms with Crippen molar-refractivity contribution in [3.8, 4) is 0 Å². The third-order valence-electron chi connectivity index (χ3n) is 3.45. The van der Waals surface area contributed by atoms with Crippen molar-refractivity contribution < 1.29 is 9.90 Å². The van der Waals surface area contributed by atoms with E-state index >= 15 is 0 Å². The Kier molecular flexibility index (Phi) is 3.36. The molecule has 1 aromatic carbocycles. The van der Waals surface area contributed by atoms with Gasteiger partial charge in [-0.25, -0.2) is 4.79 Å². The van der Waals surface area contributed by atoms with E-state index in [-0.39, 0.29) is 17.0 Å². The lowest BCUT2D eigenvalue weighted by Gasteiger charge is -2.13. The maximum Gasteiger partial charge on any atom is 0.337 e. The molecule has 1 unspecified atom stereocenters. The first kappa shape index (κ1) is 13.0. The van der Waals surface area contributed by atoms with Crippen LogP contribution < -0.4 is 5.56 Å². The van der Waals surface area contributed by atoms with Crippen LogP contribution in [-0.2, 0) is 6.54 Å². The Morgan fingerprint density at radius 1 is 1.30 bits per heavy atom. The van der Waals surface area contributed by atoms with Gasteiger partial charge in [0.2, 0.25) is 0 Å². The summed E-state index contributed by atoms with van der Waals surface area (Å²) in [6.07, 6.45) is 1.43. The van der Waals surface area contributed by atoms with Gasteiger partial charge in [-0.3, -0.25) is 4.79 Å². The lowest BCUT2D eigenvalue weighted by Crippen LogP contribution is -2.23. The molecular formula is C15H13NO3S. The summed E-state index contributed by atoms with van der Waals surface area (Å²) in [7, 11) is 0. The van der Waals surface area contributed by atoms with Crippen molar-refractivity contribution in [2.24, 2.45) is 0 Å². The molecule has 5 heteroatoms. The molecule has 0 saturated heterocycles. The molecule has 1 aliphatic heterocycles. The number of fused-ring (bicyclic) bond motifs is 1. The monoisotopic (exact) mass is 287 g/mol. The number of pyridine rings is 1. The Morgan fingerprint density at radius 2 is 2.10 bits per heavy atom. The first-order valence-electron chi connectivity index (χ1n) is 6.30. The molecule has 20 heavy (non-hydrogen) atoms. The van der Waals surface area contributed by atoms with E-state index in [1.807, 2.05) is 12.1 Å². The lowest BCUT2D eigenvalue weighted by atomic mass is 10.0. The number of thioether (sulfide) groups is 1. The predicted molar refractivity (Wildman–Crippen MR) is 77.6 cm³/mol. The molecule has 1 aliphatic rings. The maximum absolute atomic E-state index is 11.9. The Hall–Kier alpha value is -2.01. The van der Waals surface area contributed by atoms with Crippen molar-refractivity contribution in [2.45, 2.75) is 17.4 Å². The van der Waals surface area contributed by atoms with Gasteiger partial charge in [-0.15, -0.1) is 11.8 Å². The molecule has 3 rings (SSSR count). The third-order valence-corrected chi connectivity index (χ3v) is 4.70. The molecule has 1 aromatic heterocycles. The number of aromatic carboxylic acids is 1. The number of benzene rings is 1. The van der Waals surface area contributed by atoms with E-state index in [0.717, 1.165) is 5.75 Å². The Morgan fingerprint density at radius 3 is 2.90 bits per heavy atom. The summed E-state index contributed by atoms with van der Waals surface area (Å²) in [5.74, 6) is 0.154. The molecule has 2 heterocycles. The summed E-state index contributed by atoms with van der Waals surface area (Å²) in [6, 6.07) is 10.8. The minimum Gasteiger partial charge on any atom is -0.478 e. The number of carbonyl (C=O) groups is 1. The standard InChI is InChI=1S/C15H13NO3S/c17-14-6-5-10(15(18)19)7-16(14)8-11-9-20-13-4-2-1-3-12(11)13/h1-7,11H,8-9H2,(H,18,19). The number of carboxylic acid groups (broad SMARTS) is 1. The van der Waals surface area contributed by atoms with Crippen LogP contribution in [0.2, 0.25) is 0 Å². The maximum atomic E-state index is 11.9. The largest absolute Gasteiger partial charge is 0.478 e. The number of carboxylic acids is 1. The van der Waals surface area contributed by atoms with Crippen LogP contribution in [0.25, 0.3) is 0 Å². The van der Waals surface area contributed by atoms with E-state index in [1.165, 1.54) is 33.4 Å². The molecule has 0 aliphatic carbocycles. The number of nitrogens with zero attached hydrogens (tertiary/aromatic N) is 1. The summed E-state index contributed by atoms with van der Waals surface area (Å²) in [5, 5.41) is 9.00. The van der Waals surface area contributed by atoms with Crippen LogP contribution >= 0.6 is 11.8 Å². The Bertz CT molecular complexity index is 723. The first-order chi connectivity index (χ1) is 9.65. The molecule has 0 bridgehead atoms. The Balaban J connectivity index is 1.91. The molecule has 0 spiro atoms. The second-order valence-corrected chi connectivity index (χ2v) is 5.82. The summed E-state index contributed by atoms with van der Waals surface area (Å²) in [5.41, 5.74) is 1.22. The lowest BCUT2D eigenvalue weighted by molar-refractivity contribution is 0.0695. The average Bonchev–Trinajstić information content (AvgIpc) is 2.84. The van der Waals surface area contributed by atoms with Gasteiger partial charge in [0.25, 0.3) is 5.56 Å². The highest BCUT2D eigenvalue weighted by molar-refractivity contribution is 7.99. The van der Waals surface area contributed by atoms with E-state index in [1.54, 1.807) is 11.8 Å². The highest BCUT2D eigenvalue weighted by atomic mass is 32.2. The van der Waals surface area contributed by atoms with Gasteiger partial charge in [-0.2, -0.15) is 0 Å². The van der Waals surface area contributed by atoms with E-state index in [9.17, 15) is 9.59 Å². The van der Waals surface area contributed by atoms with Gasteiger partial charge in [0.1, 0.15) is 0 Å². The minimum atomic E-state index is -1.01. The van der Waals surface area contributed by atoms with E-state index in [0.29, 0.717) is 6.54 Å². The number of hydrogen-bond donors (Lipinski definition) is 1. The molecule has 102 valence electrons. The molecule has 0 fully saturated rings. The van der Waals surface area contributed by atoms with Crippen LogP contribution in [0.5, 0.6) is 0 Å². The molecular weight excluding hydrogens is 274 g/mol. The number of aromatic nitrogens is 1. The zero-order valence-corrected chi connectivity index (χ0v) is 11.5. The molecule has 4 nitrogen and oxygen atoms in total. The summed E-state index contributed by atoms with van der Waals surface area (Å²) < 4.78 is 1.50. The molecule has 0 amide bonds. The normalized spacial score (nSPS) is 16.9. The van der Waals surface area contributed by atoms with Crippen molar-refractivity contribution >= 4 is 17.7 Å². The zero-order valence-electron chi connectivity index (χ0n) is 10.7. The van der Waals surface area contributed by atoms with Gasteiger partial charge in [-0.05, 0) is 17.7 Å². The van der Waals surface area contributed by atoms with Crippen molar-refractivity contribution in [3.05, 3.63) is 64.1 Å². The fourth-order valence-electron chi connectivity index (χ4n) is 2.42. The fourth-order valence-corrected chi connectivity index (χ4v) is 3.66. The second-order valence-electron chi connectivity index (χ2n) is 4.76. The zero-order chi connectivity index (χ0) is 14.1. The van der Waals surface area contributed by atoms with E-state index in [4.69, 9.17) is 5.11 Å². The van der Waals surface area contributed by atoms with Crippen molar-refractivity contribution in [3.63, 3.8) is 0 Å². The van der Waals surface area contributed by atoms with Gasteiger partial charge in [0.05, 0.1) is 5.56 Å². The van der Waals surface area contributed by atoms with Crippen LogP contribution in [-0.4, -0.2) is 21.4 Å². The minimum absolute atomic E-state index is 0.142. The van der Waals surface area contributed by atoms with Gasteiger partial charge in [-0.1, -0.05) is 18.2 Å². The molecule has 2 aromatic rings. The van der Waals surface area contributed by atoms with Crippen LogP contribution in [0, 0.1) is 0 Å². The van der Waals surface area contributed by atoms with Gasteiger partial charge in [0, 0.05) is 35.4 Å². The highest BCUT2D eigenvalue weighted by Crippen LogP contribution is 2.39. The fraction of sp³-hybridized carbons (Fsp3) is 0.200. The van der Waals surface area contributed by atoms with E-state index < -0.39 is 5.97 Å². The third kappa shape index (κ3) is 2.36. The summed E-state index contributed by atoms with van der Waals surface area (Å²) in [4.78, 5) is 24.1. The summed E-state index contributed by atoms with van der Waals surface area (Å²) in [6.45, 7) is 0.518. The SMILES string of the molecule is O=C(O)c1ccc(=O)n(CC2CSc3ccccc32)c1. The van der Waals surface area contributed by atoms with Crippen LogP contribution in [0.3, 0.4) is 0 Å². The van der Waals surface area contributed by atoms with Crippen molar-refractivity contribution in [2.75, 3.05) is 5.75 Å². The van der Waals surface area contributed by atoms with Crippen LogP contribution in [0.15, 0.2) is 52.3 Å². The van der Waals surface area contributed by atoms with Gasteiger partial charge in [0.15, 0.2) is 0 Å². The van der Waals surface area contributed by atoms with Gasteiger partial charge >= 0.3 is 5.97 Å². The quantitative estimate of drug-likeness (QED) is 0.942. The number of rotatable bonds is 3.